The summed E-state index contributed by atoms with van der Waals surface area (Å²) < 4.78 is 10.8. The zero-order valence-corrected chi connectivity index (χ0v) is 16.2. The summed E-state index contributed by atoms with van der Waals surface area (Å²) in [5.74, 6) is 0.325. The molecule has 5 nitrogen and oxygen atoms in total. The minimum atomic E-state index is -1.18. The molecule has 1 N–H and O–H groups in total. The average molecular weight is 383 g/mol. The van der Waals surface area contributed by atoms with Gasteiger partial charge in [-0.25, -0.2) is 4.79 Å². The summed E-state index contributed by atoms with van der Waals surface area (Å²) in [5, 5.41) is 8.77. The molecule has 1 atom stereocenters. The molecule has 0 spiro atoms. The van der Waals surface area contributed by atoms with E-state index < -0.39 is 6.16 Å². The van der Waals surface area contributed by atoms with E-state index in [2.05, 4.69) is 53.4 Å². The van der Waals surface area contributed by atoms with Crippen molar-refractivity contribution < 1.29 is 19.4 Å². The van der Waals surface area contributed by atoms with Crippen molar-refractivity contribution in [3.8, 4) is 0 Å². The van der Waals surface area contributed by atoms with E-state index in [0.717, 1.165) is 32.4 Å². The molecule has 0 radical (unpaired) electrons. The number of nitrogens with zero attached hydrogens (tertiary/aromatic N) is 1. The Morgan fingerprint density at radius 1 is 1.04 bits per heavy atom. The van der Waals surface area contributed by atoms with Gasteiger partial charge < -0.3 is 14.6 Å². The van der Waals surface area contributed by atoms with Gasteiger partial charge in [-0.2, -0.15) is 0 Å². The molecule has 0 saturated carbocycles. The van der Waals surface area contributed by atoms with Crippen LogP contribution in [-0.4, -0.2) is 55.1 Å². The van der Waals surface area contributed by atoms with E-state index in [1.165, 1.54) is 11.1 Å². The SMILES string of the molecule is O=C(O)O[C@@H]1CCCN(CCOCCC(c2ccccc2)c2ccccc2)C1. The quantitative estimate of drug-likeness (QED) is 0.514. The fourth-order valence-corrected chi connectivity index (χ4v) is 3.85. The number of carbonyl (C=O) groups is 1. The summed E-state index contributed by atoms with van der Waals surface area (Å²) in [4.78, 5) is 12.9. The average Bonchev–Trinajstić information content (AvgIpc) is 2.72. The lowest BCUT2D eigenvalue weighted by atomic mass is 9.89. The van der Waals surface area contributed by atoms with Crippen LogP contribution in [0.2, 0.25) is 0 Å². The summed E-state index contributed by atoms with van der Waals surface area (Å²) in [6.07, 6.45) is 1.29. The first-order valence-electron chi connectivity index (χ1n) is 10.0. The van der Waals surface area contributed by atoms with Gasteiger partial charge in [-0.15, -0.1) is 0 Å². The third-order valence-corrected chi connectivity index (χ3v) is 5.24. The van der Waals surface area contributed by atoms with E-state index in [0.29, 0.717) is 25.7 Å². The molecule has 150 valence electrons. The molecular weight excluding hydrogens is 354 g/mol. The highest BCUT2D eigenvalue weighted by molar-refractivity contribution is 5.57. The molecule has 1 aliphatic rings. The molecule has 1 heterocycles. The normalized spacial score (nSPS) is 17.5. The van der Waals surface area contributed by atoms with Gasteiger partial charge in [0.1, 0.15) is 6.10 Å². The van der Waals surface area contributed by atoms with Gasteiger partial charge in [0.15, 0.2) is 0 Å². The van der Waals surface area contributed by atoms with Crippen LogP contribution in [0.15, 0.2) is 60.7 Å². The maximum Gasteiger partial charge on any atom is 0.506 e. The van der Waals surface area contributed by atoms with Crippen molar-refractivity contribution in [2.24, 2.45) is 0 Å². The van der Waals surface area contributed by atoms with Crippen LogP contribution in [0.1, 0.15) is 36.3 Å². The summed E-state index contributed by atoms with van der Waals surface area (Å²) in [5.41, 5.74) is 2.61. The minimum Gasteiger partial charge on any atom is -0.450 e. The van der Waals surface area contributed by atoms with E-state index in [-0.39, 0.29) is 6.10 Å². The van der Waals surface area contributed by atoms with Crippen LogP contribution < -0.4 is 0 Å². The van der Waals surface area contributed by atoms with E-state index in [4.69, 9.17) is 14.6 Å². The zero-order valence-electron chi connectivity index (χ0n) is 16.2. The second-order valence-electron chi connectivity index (χ2n) is 7.22. The maximum atomic E-state index is 10.7. The number of hydrogen-bond donors (Lipinski definition) is 1. The van der Waals surface area contributed by atoms with Crippen molar-refractivity contribution in [3.63, 3.8) is 0 Å². The number of likely N-dealkylation sites (tertiary alicyclic amines) is 1. The van der Waals surface area contributed by atoms with Crippen molar-refractivity contribution in [2.75, 3.05) is 32.8 Å². The van der Waals surface area contributed by atoms with Crippen molar-refractivity contribution >= 4 is 6.16 Å². The van der Waals surface area contributed by atoms with Gasteiger partial charge in [0.25, 0.3) is 0 Å². The fourth-order valence-electron chi connectivity index (χ4n) is 3.85. The lowest BCUT2D eigenvalue weighted by molar-refractivity contribution is 0.00558. The number of piperidine rings is 1. The second kappa shape index (κ2) is 10.8. The largest absolute Gasteiger partial charge is 0.506 e. The van der Waals surface area contributed by atoms with Gasteiger partial charge in [-0.1, -0.05) is 60.7 Å². The van der Waals surface area contributed by atoms with Gasteiger partial charge >= 0.3 is 6.16 Å². The van der Waals surface area contributed by atoms with Crippen LogP contribution in [0.3, 0.4) is 0 Å². The van der Waals surface area contributed by atoms with Crippen molar-refractivity contribution in [2.45, 2.75) is 31.3 Å². The molecule has 2 aromatic rings. The molecule has 0 amide bonds. The van der Waals surface area contributed by atoms with Crippen molar-refractivity contribution in [1.29, 1.82) is 0 Å². The van der Waals surface area contributed by atoms with E-state index in [1.807, 2.05) is 12.1 Å². The Balaban J connectivity index is 1.44. The second-order valence-corrected chi connectivity index (χ2v) is 7.22. The number of carboxylic acid groups (broad SMARTS) is 1. The highest BCUT2D eigenvalue weighted by Gasteiger charge is 2.22. The van der Waals surface area contributed by atoms with Gasteiger partial charge in [-0.05, 0) is 36.9 Å². The fraction of sp³-hybridized carbons (Fsp3) is 0.435. The Morgan fingerprint density at radius 2 is 1.68 bits per heavy atom. The number of benzene rings is 2. The maximum absolute atomic E-state index is 10.7. The predicted octanol–water partition coefficient (Wildman–Crippen LogP) is 4.38. The number of rotatable bonds is 9. The first-order chi connectivity index (χ1) is 13.7. The Morgan fingerprint density at radius 3 is 2.29 bits per heavy atom. The van der Waals surface area contributed by atoms with Gasteiger partial charge in [0, 0.05) is 25.6 Å². The molecule has 1 fully saturated rings. The van der Waals surface area contributed by atoms with Crippen LogP contribution in [0.4, 0.5) is 4.79 Å². The van der Waals surface area contributed by atoms with E-state index in [1.54, 1.807) is 0 Å². The molecule has 5 heteroatoms. The van der Waals surface area contributed by atoms with E-state index >= 15 is 0 Å². The lowest BCUT2D eigenvalue weighted by Crippen LogP contribution is -2.41. The summed E-state index contributed by atoms with van der Waals surface area (Å²) in [7, 11) is 0. The van der Waals surface area contributed by atoms with Crippen LogP contribution >= 0.6 is 0 Å². The Hall–Kier alpha value is -2.37. The first kappa shape index (κ1) is 20.4. The minimum absolute atomic E-state index is 0.216. The molecule has 1 aliphatic heterocycles. The van der Waals surface area contributed by atoms with Crippen LogP contribution in [0, 0.1) is 0 Å². The molecule has 28 heavy (non-hydrogen) atoms. The molecule has 0 aliphatic carbocycles. The monoisotopic (exact) mass is 383 g/mol. The molecule has 0 aromatic heterocycles. The smallest absolute Gasteiger partial charge is 0.450 e. The van der Waals surface area contributed by atoms with E-state index in [9.17, 15) is 4.79 Å². The third kappa shape index (κ3) is 6.36. The molecule has 3 rings (SSSR count). The summed E-state index contributed by atoms with van der Waals surface area (Å²) in [6.45, 7) is 3.78. The van der Waals surface area contributed by atoms with Crippen LogP contribution in [-0.2, 0) is 9.47 Å². The van der Waals surface area contributed by atoms with Crippen LogP contribution in [0.25, 0.3) is 0 Å². The topological polar surface area (TPSA) is 59.0 Å². The van der Waals surface area contributed by atoms with Gasteiger partial charge in [0.2, 0.25) is 0 Å². The highest BCUT2D eigenvalue weighted by atomic mass is 16.7. The summed E-state index contributed by atoms with van der Waals surface area (Å²) in [6, 6.07) is 21.1. The first-order valence-corrected chi connectivity index (χ1v) is 10.0. The Labute approximate surface area is 166 Å². The van der Waals surface area contributed by atoms with Crippen LogP contribution in [0.5, 0.6) is 0 Å². The standard InChI is InChI=1S/C23H29NO4/c25-23(26)28-21-12-7-14-24(18-21)15-17-27-16-13-22(19-8-3-1-4-9-19)20-10-5-2-6-11-20/h1-6,8-11,21-22H,7,12-18H2,(H,25,26)/t21-/m1/s1. The van der Waals surface area contributed by atoms with Gasteiger partial charge in [0.05, 0.1) is 6.61 Å². The third-order valence-electron chi connectivity index (χ3n) is 5.24. The molecular formula is C23H29NO4. The lowest BCUT2D eigenvalue weighted by Gasteiger charge is -2.31. The molecule has 0 unspecified atom stereocenters. The Bertz CT molecular complexity index is 668. The molecule has 2 aromatic carbocycles. The summed E-state index contributed by atoms with van der Waals surface area (Å²) >= 11 is 0. The van der Waals surface area contributed by atoms with Gasteiger partial charge in [-0.3, -0.25) is 4.90 Å². The predicted molar refractivity (Wildman–Crippen MR) is 109 cm³/mol. The van der Waals surface area contributed by atoms with Crippen molar-refractivity contribution in [3.05, 3.63) is 71.8 Å². The Kier molecular flexibility index (Phi) is 7.88. The molecule has 0 bridgehead atoms. The number of ether oxygens (including phenoxy) is 2. The highest BCUT2D eigenvalue weighted by Crippen LogP contribution is 2.27. The van der Waals surface area contributed by atoms with Crippen molar-refractivity contribution in [1.82, 2.24) is 4.90 Å². The number of hydrogen-bond acceptors (Lipinski definition) is 4. The zero-order chi connectivity index (χ0) is 19.6. The molecule has 1 saturated heterocycles.